The van der Waals surface area contributed by atoms with E-state index in [1.165, 1.54) is 31.2 Å². The van der Waals surface area contributed by atoms with E-state index in [4.69, 9.17) is 0 Å². The van der Waals surface area contributed by atoms with Crippen LogP contribution in [0.3, 0.4) is 0 Å². The Kier molecular flexibility index (Phi) is 6.24. The number of alkyl halides is 3. The van der Waals surface area contributed by atoms with Crippen molar-refractivity contribution in [2.75, 3.05) is 5.32 Å². The third kappa shape index (κ3) is 5.47. The molecule has 0 aliphatic heterocycles. The zero-order chi connectivity index (χ0) is 20.9. The number of rotatable bonds is 5. The molecular weight excluding hydrogens is 379 g/mol. The van der Waals surface area contributed by atoms with Gasteiger partial charge < -0.3 is 15.5 Å². The van der Waals surface area contributed by atoms with Gasteiger partial charge in [-0.1, -0.05) is 12.1 Å². The minimum atomic E-state index is -4.62. The predicted molar refractivity (Wildman–Crippen MR) is 95.0 cm³/mol. The molecule has 7 nitrogen and oxygen atoms in total. The normalized spacial score (nSPS) is 11.8. The maximum Gasteiger partial charge on any atom is 0.418 e. The summed E-state index contributed by atoms with van der Waals surface area (Å²) >= 11 is 0. The van der Waals surface area contributed by atoms with Gasteiger partial charge in [0.05, 0.1) is 23.2 Å². The number of halogens is 3. The number of carbonyl (C=O) groups excluding carboxylic acids is 2. The van der Waals surface area contributed by atoms with E-state index in [1.807, 2.05) is 0 Å². The van der Waals surface area contributed by atoms with Gasteiger partial charge in [-0.05, 0) is 31.2 Å². The fourth-order valence-electron chi connectivity index (χ4n) is 2.22. The zero-order valence-corrected chi connectivity index (χ0v) is 14.5. The van der Waals surface area contributed by atoms with Gasteiger partial charge in [0.25, 0.3) is 5.91 Å². The molecule has 0 spiro atoms. The van der Waals surface area contributed by atoms with Crippen LogP contribution in [0.1, 0.15) is 29.3 Å². The molecule has 2 aromatic rings. The number of phenols is 2. The molecule has 0 radical (unpaired) electrons. The largest absolute Gasteiger partial charge is 0.508 e. The van der Waals surface area contributed by atoms with Gasteiger partial charge in [0.1, 0.15) is 11.5 Å². The maximum absolute atomic E-state index is 12.9. The van der Waals surface area contributed by atoms with Gasteiger partial charge in [-0.2, -0.15) is 18.3 Å². The standard InChI is InChI=1S/C18H16F3N3O4/c1-10(23-24-17(28)12-7-6-11(25)9-15(12)26)8-16(27)22-14-5-3-2-4-13(14)18(19,20)21/h2-7,9,25-26H,8H2,1H3,(H,22,27)(H,24,28). The second-order valence-corrected chi connectivity index (χ2v) is 5.76. The average molecular weight is 395 g/mol. The third-order valence-electron chi connectivity index (χ3n) is 3.50. The molecule has 0 atom stereocenters. The lowest BCUT2D eigenvalue weighted by Crippen LogP contribution is -2.22. The predicted octanol–water partition coefficient (Wildman–Crippen LogP) is 3.25. The Balaban J connectivity index is 2.00. The summed E-state index contributed by atoms with van der Waals surface area (Å²) in [5, 5.41) is 24.6. The Bertz CT molecular complexity index is 927. The van der Waals surface area contributed by atoms with Gasteiger partial charge in [-0.3, -0.25) is 9.59 Å². The van der Waals surface area contributed by atoms with Crippen molar-refractivity contribution in [3.8, 4) is 11.5 Å². The van der Waals surface area contributed by atoms with E-state index in [1.54, 1.807) is 0 Å². The van der Waals surface area contributed by atoms with Crippen molar-refractivity contribution in [2.45, 2.75) is 19.5 Å². The van der Waals surface area contributed by atoms with Crippen molar-refractivity contribution >= 4 is 23.2 Å². The van der Waals surface area contributed by atoms with E-state index in [9.17, 15) is 33.0 Å². The van der Waals surface area contributed by atoms with Crippen LogP contribution in [-0.4, -0.2) is 27.7 Å². The van der Waals surface area contributed by atoms with E-state index in [-0.39, 0.29) is 29.1 Å². The number of amides is 2. The molecule has 2 aromatic carbocycles. The number of hydrogen-bond donors (Lipinski definition) is 4. The molecule has 0 saturated carbocycles. The number of nitrogens with one attached hydrogen (secondary N) is 2. The van der Waals surface area contributed by atoms with Crippen molar-refractivity contribution in [3.05, 3.63) is 53.6 Å². The van der Waals surface area contributed by atoms with Crippen molar-refractivity contribution in [1.29, 1.82) is 0 Å². The van der Waals surface area contributed by atoms with Gasteiger partial charge in [0.15, 0.2) is 0 Å². The van der Waals surface area contributed by atoms with Crippen LogP contribution < -0.4 is 10.7 Å². The minimum Gasteiger partial charge on any atom is -0.508 e. The van der Waals surface area contributed by atoms with E-state index in [0.717, 1.165) is 18.2 Å². The third-order valence-corrected chi connectivity index (χ3v) is 3.50. The van der Waals surface area contributed by atoms with Crippen LogP contribution in [-0.2, 0) is 11.0 Å². The Labute approximate surface area is 157 Å². The monoisotopic (exact) mass is 395 g/mol. The molecule has 0 fully saturated rings. The molecular formula is C18H16F3N3O4. The molecule has 0 aliphatic rings. The average Bonchev–Trinajstić information content (AvgIpc) is 2.59. The summed E-state index contributed by atoms with van der Waals surface area (Å²) in [7, 11) is 0. The number of carbonyl (C=O) groups is 2. The minimum absolute atomic E-state index is 0.119. The number of benzene rings is 2. The molecule has 2 amide bonds. The molecule has 4 N–H and O–H groups in total. The number of para-hydroxylation sites is 1. The SMILES string of the molecule is CC(CC(=O)Nc1ccccc1C(F)(F)F)=NNC(=O)c1ccc(O)cc1O. The second-order valence-electron chi connectivity index (χ2n) is 5.76. The van der Waals surface area contributed by atoms with Crippen molar-refractivity contribution in [2.24, 2.45) is 5.10 Å². The fraction of sp³-hybridized carbons (Fsp3) is 0.167. The summed E-state index contributed by atoms with van der Waals surface area (Å²) in [4.78, 5) is 23.9. The van der Waals surface area contributed by atoms with E-state index in [0.29, 0.717) is 0 Å². The molecule has 0 heterocycles. The molecule has 0 aromatic heterocycles. The molecule has 0 saturated heterocycles. The van der Waals surface area contributed by atoms with Crippen molar-refractivity contribution in [3.63, 3.8) is 0 Å². The quantitative estimate of drug-likeness (QED) is 0.460. The highest BCUT2D eigenvalue weighted by molar-refractivity contribution is 6.06. The summed E-state index contributed by atoms with van der Waals surface area (Å²) in [6.45, 7) is 1.40. The number of hydrogen-bond acceptors (Lipinski definition) is 5. The highest BCUT2D eigenvalue weighted by Crippen LogP contribution is 2.34. The highest BCUT2D eigenvalue weighted by Gasteiger charge is 2.33. The maximum atomic E-state index is 12.9. The van der Waals surface area contributed by atoms with Crippen LogP contribution in [0.25, 0.3) is 0 Å². The molecule has 0 bridgehead atoms. The van der Waals surface area contributed by atoms with E-state index >= 15 is 0 Å². The van der Waals surface area contributed by atoms with E-state index < -0.39 is 29.3 Å². The Morgan fingerprint density at radius 2 is 1.79 bits per heavy atom. The van der Waals surface area contributed by atoms with Crippen LogP contribution >= 0.6 is 0 Å². The van der Waals surface area contributed by atoms with Gasteiger partial charge in [0.2, 0.25) is 5.91 Å². The number of nitrogens with zero attached hydrogens (tertiary/aromatic N) is 1. The van der Waals surface area contributed by atoms with Crippen molar-refractivity contribution in [1.82, 2.24) is 5.43 Å². The van der Waals surface area contributed by atoms with E-state index in [2.05, 4.69) is 15.8 Å². The molecule has 28 heavy (non-hydrogen) atoms. The van der Waals surface area contributed by atoms with Crippen LogP contribution in [0.15, 0.2) is 47.6 Å². The molecule has 10 heteroatoms. The fourth-order valence-corrected chi connectivity index (χ4v) is 2.22. The highest BCUT2D eigenvalue weighted by atomic mass is 19.4. The molecule has 148 valence electrons. The van der Waals surface area contributed by atoms with Gasteiger partial charge in [-0.25, -0.2) is 5.43 Å². The first-order chi connectivity index (χ1) is 13.1. The Hall–Kier alpha value is -3.56. The van der Waals surface area contributed by atoms with Crippen LogP contribution in [0.4, 0.5) is 18.9 Å². The van der Waals surface area contributed by atoms with Gasteiger partial charge >= 0.3 is 6.18 Å². The van der Waals surface area contributed by atoms with Crippen LogP contribution in [0.2, 0.25) is 0 Å². The van der Waals surface area contributed by atoms with Crippen molar-refractivity contribution < 1.29 is 33.0 Å². The molecule has 0 unspecified atom stereocenters. The first-order valence-electron chi connectivity index (χ1n) is 7.89. The van der Waals surface area contributed by atoms with Gasteiger partial charge in [0, 0.05) is 11.8 Å². The lowest BCUT2D eigenvalue weighted by atomic mass is 10.1. The Morgan fingerprint density at radius 1 is 1.11 bits per heavy atom. The lowest BCUT2D eigenvalue weighted by molar-refractivity contribution is -0.137. The lowest BCUT2D eigenvalue weighted by Gasteiger charge is -2.13. The second kappa shape index (κ2) is 8.42. The smallest absolute Gasteiger partial charge is 0.418 e. The van der Waals surface area contributed by atoms with Crippen LogP contribution in [0.5, 0.6) is 11.5 Å². The summed E-state index contributed by atoms with van der Waals surface area (Å²) in [5.74, 6) is -2.24. The number of anilines is 1. The topological polar surface area (TPSA) is 111 Å². The first kappa shape index (κ1) is 20.7. The number of aromatic hydroxyl groups is 2. The number of hydrazone groups is 1. The van der Waals surface area contributed by atoms with Gasteiger partial charge in [-0.15, -0.1) is 0 Å². The molecule has 0 aliphatic carbocycles. The summed E-state index contributed by atoms with van der Waals surface area (Å²) in [5.41, 5.74) is 0.714. The van der Waals surface area contributed by atoms with Crippen LogP contribution in [0, 0.1) is 0 Å². The summed E-state index contributed by atoms with van der Waals surface area (Å²) < 4.78 is 38.8. The number of phenolic OH excluding ortho intramolecular Hbond substituents is 2. The molecule has 2 rings (SSSR count). The first-order valence-corrected chi connectivity index (χ1v) is 7.89. The Morgan fingerprint density at radius 3 is 2.43 bits per heavy atom. The zero-order valence-electron chi connectivity index (χ0n) is 14.5. The summed E-state index contributed by atoms with van der Waals surface area (Å²) in [6, 6.07) is 7.87. The summed E-state index contributed by atoms with van der Waals surface area (Å²) in [6.07, 6.45) is -4.98.